The van der Waals surface area contributed by atoms with Gasteiger partial charge in [-0.1, -0.05) is 17.7 Å². The number of rotatable bonds is 6. The number of anilines is 1. The van der Waals surface area contributed by atoms with Gasteiger partial charge in [-0.2, -0.15) is 0 Å². The molecule has 1 amide bonds. The van der Waals surface area contributed by atoms with Crippen LogP contribution in [0.15, 0.2) is 42.5 Å². The molecule has 188 valence electrons. The Kier molecular flexibility index (Phi) is 6.51. The van der Waals surface area contributed by atoms with Crippen LogP contribution in [0.2, 0.25) is 5.02 Å². The number of ether oxygens (including phenoxy) is 5. The molecule has 2 aliphatic heterocycles. The Hall–Kier alpha value is -3.69. The summed E-state index contributed by atoms with van der Waals surface area (Å²) >= 11 is 5.78. The first-order chi connectivity index (χ1) is 17.4. The molecular formula is C26H24ClFN2O6. The fraction of sp³-hybridized carbons (Fsp3) is 0.269. The molecule has 2 heterocycles. The van der Waals surface area contributed by atoms with E-state index in [2.05, 4.69) is 10.6 Å². The second-order valence-electron chi connectivity index (χ2n) is 8.31. The van der Waals surface area contributed by atoms with Crippen molar-refractivity contribution in [2.24, 2.45) is 0 Å². The fourth-order valence-electron chi connectivity index (χ4n) is 4.61. The van der Waals surface area contributed by atoms with Crippen molar-refractivity contribution in [3.8, 4) is 28.7 Å². The van der Waals surface area contributed by atoms with Gasteiger partial charge >= 0.3 is 0 Å². The maximum absolute atomic E-state index is 13.9. The molecule has 8 nitrogen and oxygen atoms in total. The Bertz CT molecular complexity index is 1330. The van der Waals surface area contributed by atoms with E-state index in [0.717, 1.165) is 16.7 Å². The molecular weight excluding hydrogens is 491 g/mol. The van der Waals surface area contributed by atoms with Crippen LogP contribution >= 0.6 is 11.6 Å². The molecule has 0 fully saturated rings. The molecule has 0 unspecified atom stereocenters. The predicted octanol–water partition coefficient (Wildman–Crippen LogP) is 4.48. The summed E-state index contributed by atoms with van der Waals surface area (Å²) in [6.07, 6.45) is 0.328. The summed E-state index contributed by atoms with van der Waals surface area (Å²) in [4.78, 5) is 13.3. The molecule has 2 atom stereocenters. The van der Waals surface area contributed by atoms with Crippen molar-refractivity contribution in [1.29, 1.82) is 0 Å². The maximum Gasteiger partial charge on any atom is 0.241 e. The van der Waals surface area contributed by atoms with Crippen LogP contribution in [0, 0.1) is 5.82 Å². The van der Waals surface area contributed by atoms with E-state index in [1.54, 1.807) is 27.4 Å². The second-order valence-corrected chi connectivity index (χ2v) is 8.71. The van der Waals surface area contributed by atoms with Gasteiger partial charge < -0.3 is 29.0 Å². The van der Waals surface area contributed by atoms with E-state index in [9.17, 15) is 9.18 Å². The molecule has 0 radical (unpaired) electrons. The summed E-state index contributed by atoms with van der Waals surface area (Å²) in [7, 11) is 4.64. The first-order valence-electron chi connectivity index (χ1n) is 11.2. The highest BCUT2D eigenvalue weighted by Crippen LogP contribution is 2.48. The van der Waals surface area contributed by atoms with Crippen molar-refractivity contribution >= 4 is 23.2 Å². The van der Waals surface area contributed by atoms with Crippen molar-refractivity contribution in [2.45, 2.75) is 18.5 Å². The average molecular weight is 515 g/mol. The van der Waals surface area contributed by atoms with Gasteiger partial charge in [-0.3, -0.25) is 10.1 Å². The second kappa shape index (κ2) is 9.75. The molecule has 3 aromatic carbocycles. The maximum atomic E-state index is 13.9. The van der Waals surface area contributed by atoms with Gasteiger partial charge in [0.1, 0.15) is 5.82 Å². The minimum atomic E-state index is -0.658. The molecule has 0 aliphatic carbocycles. The number of halogens is 2. The summed E-state index contributed by atoms with van der Waals surface area (Å²) in [5, 5.41) is 6.17. The van der Waals surface area contributed by atoms with Gasteiger partial charge in [0.2, 0.25) is 18.4 Å². The zero-order chi connectivity index (χ0) is 25.4. The van der Waals surface area contributed by atoms with Crippen LogP contribution in [0.25, 0.3) is 0 Å². The Morgan fingerprint density at radius 1 is 1.03 bits per heavy atom. The topological polar surface area (TPSA) is 87.3 Å². The van der Waals surface area contributed by atoms with E-state index < -0.39 is 17.9 Å². The molecule has 0 saturated carbocycles. The average Bonchev–Trinajstić information content (AvgIpc) is 3.36. The third-order valence-electron chi connectivity index (χ3n) is 6.27. The number of hydrogen-bond acceptors (Lipinski definition) is 7. The Balaban J connectivity index is 1.57. The molecule has 2 N–H and O–H groups in total. The third kappa shape index (κ3) is 4.25. The number of amides is 1. The lowest BCUT2D eigenvalue weighted by molar-refractivity contribution is -0.118. The molecule has 0 bridgehead atoms. The smallest absolute Gasteiger partial charge is 0.241 e. The molecule has 0 saturated heterocycles. The van der Waals surface area contributed by atoms with E-state index in [1.165, 1.54) is 12.1 Å². The Morgan fingerprint density at radius 3 is 2.53 bits per heavy atom. The quantitative estimate of drug-likeness (QED) is 0.501. The van der Waals surface area contributed by atoms with Crippen LogP contribution in [0.1, 0.15) is 22.7 Å². The van der Waals surface area contributed by atoms with Crippen LogP contribution in [-0.2, 0) is 11.2 Å². The largest absolute Gasteiger partial charge is 0.493 e. The van der Waals surface area contributed by atoms with Crippen molar-refractivity contribution in [3.05, 3.63) is 70.0 Å². The third-order valence-corrected chi connectivity index (χ3v) is 6.57. The van der Waals surface area contributed by atoms with Crippen molar-refractivity contribution in [2.75, 3.05) is 33.4 Å². The monoisotopic (exact) mass is 514 g/mol. The number of hydrogen-bond donors (Lipinski definition) is 2. The number of nitrogens with one attached hydrogen (secondary N) is 2. The van der Waals surface area contributed by atoms with Gasteiger partial charge in [-0.15, -0.1) is 0 Å². The minimum absolute atomic E-state index is 0.0197. The van der Waals surface area contributed by atoms with Crippen LogP contribution < -0.4 is 34.3 Å². The van der Waals surface area contributed by atoms with E-state index >= 15 is 0 Å². The van der Waals surface area contributed by atoms with E-state index in [0.29, 0.717) is 40.9 Å². The summed E-state index contributed by atoms with van der Waals surface area (Å²) in [6.45, 7) is 0.143. The molecule has 10 heteroatoms. The van der Waals surface area contributed by atoms with E-state index in [4.69, 9.17) is 35.3 Å². The number of methoxy groups -OCH3 is 3. The standard InChI is InChI=1S/C26H24ClFN2O6/c1-32-21-10-14-8-18(26(31)29-15-5-6-16(27)17(28)11-15)30-23(22(14)25(34-3)24(21)33-2)13-4-7-19-20(9-13)36-12-35-19/h4-7,9-11,18,23,30H,8,12H2,1-3H3,(H,29,31)/t18-,23+/m0/s1. The molecule has 0 spiro atoms. The van der Waals surface area contributed by atoms with Gasteiger partial charge in [0.25, 0.3) is 0 Å². The van der Waals surface area contributed by atoms with Crippen molar-refractivity contribution < 1.29 is 32.9 Å². The van der Waals surface area contributed by atoms with Gasteiger partial charge in [-0.25, -0.2) is 4.39 Å². The normalized spacial score (nSPS) is 17.8. The van der Waals surface area contributed by atoms with Crippen LogP contribution in [0.3, 0.4) is 0 Å². The lowest BCUT2D eigenvalue weighted by atomic mass is 9.85. The molecule has 3 aromatic rings. The first-order valence-corrected chi connectivity index (χ1v) is 11.5. The van der Waals surface area contributed by atoms with Gasteiger partial charge in [0, 0.05) is 11.3 Å². The lowest BCUT2D eigenvalue weighted by Crippen LogP contribution is -2.47. The molecule has 5 rings (SSSR count). The van der Waals surface area contributed by atoms with Crippen LogP contribution in [-0.4, -0.2) is 40.1 Å². The Labute approximate surface area is 212 Å². The summed E-state index contributed by atoms with van der Waals surface area (Å²) < 4.78 is 41.9. The van der Waals surface area contributed by atoms with Crippen molar-refractivity contribution in [3.63, 3.8) is 0 Å². The fourth-order valence-corrected chi connectivity index (χ4v) is 4.72. The number of benzene rings is 3. The summed E-state index contributed by atoms with van der Waals surface area (Å²) in [5.74, 6) is 1.74. The number of fused-ring (bicyclic) bond motifs is 2. The van der Waals surface area contributed by atoms with Gasteiger partial charge in [0.15, 0.2) is 23.0 Å². The summed E-state index contributed by atoms with van der Waals surface area (Å²) in [6, 6.07) is 10.5. The van der Waals surface area contributed by atoms with Crippen molar-refractivity contribution in [1.82, 2.24) is 5.32 Å². The predicted molar refractivity (Wildman–Crippen MR) is 131 cm³/mol. The number of carbonyl (C=O) groups is 1. The number of carbonyl (C=O) groups excluding carboxylic acids is 1. The van der Waals surface area contributed by atoms with E-state index in [1.807, 2.05) is 24.3 Å². The SMILES string of the molecule is COc1cc2c(c(OC)c1OC)[C@@H](c1ccc3c(c1)OCO3)N[C@H](C(=O)Nc1ccc(Cl)c(F)c1)C2. The first kappa shape index (κ1) is 24.0. The van der Waals surface area contributed by atoms with Crippen LogP contribution in [0.4, 0.5) is 10.1 Å². The van der Waals surface area contributed by atoms with Crippen LogP contribution in [0.5, 0.6) is 28.7 Å². The zero-order valence-electron chi connectivity index (χ0n) is 19.8. The highest BCUT2D eigenvalue weighted by molar-refractivity contribution is 6.30. The van der Waals surface area contributed by atoms with Gasteiger partial charge in [-0.05, 0) is 53.9 Å². The molecule has 2 aliphatic rings. The van der Waals surface area contributed by atoms with Gasteiger partial charge in [0.05, 0.1) is 38.4 Å². The highest BCUT2D eigenvalue weighted by Gasteiger charge is 2.37. The molecule has 0 aromatic heterocycles. The zero-order valence-corrected chi connectivity index (χ0v) is 20.6. The van der Waals surface area contributed by atoms with E-state index in [-0.39, 0.29) is 17.7 Å². The highest BCUT2D eigenvalue weighted by atomic mass is 35.5. The Morgan fingerprint density at radius 2 is 1.81 bits per heavy atom. The molecule has 36 heavy (non-hydrogen) atoms. The minimum Gasteiger partial charge on any atom is -0.493 e. The summed E-state index contributed by atoms with van der Waals surface area (Å²) in [5.41, 5.74) is 2.80. The lowest BCUT2D eigenvalue weighted by Gasteiger charge is -2.35.